The van der Waals surface area contributed by atoms with Crippen molar-refractivity contribution in [3.63, 3.8) is 0 Å². The zero-order valence-electron chi connectivity index (χ0n) is 21.9. The Hall–Kier alpha value is -3.04. The van der Waals surface area contributed by atoms with Crippen LogP contribution in [-0.4, -0.2) is 57.0 Å². The lowest BCUT2D eigenvalue weighted by molar-refractivity contribution is -0.143. The van der Waals surface area contributed by atoms with Crippen molar-refractivity contribution in [3.05, 3.63) is 51.7 Å². The summed E-state index contributed by atoms with van der Waals surface area (Å²) >= 11 is 6.56. The molecule has 204 valence electrons. The number of aliphatic carboxylic acids is 1. The lowest BCUT2D eigenvalue weighted by Crippen LogP contribution is -2.42. The molecule has 4 atom stereocenters. The monoisotopic (exact) mass is 543 g/mol. The van der Waals surface area contributed by atoms with Crippen LogP contribution in [0.4, 0.5) is 4.79 Å². The van der Waals surface area contributed by atoms with E-state index < -0.39 is 18.0 Å². The van der Waals surface area contributed by atoms with Crippen LogP contribution < -0.4 is 4.74 Å². The van der Waals surface area contributed by atoms with Gasteiger partial charge in [-0.1, -0.05) is 24.1 Å². The molecule has 1 fully saturated rings. The minimum absolute atomic E-state index is 0.0164. The SMILES string of the molecule is COC(=O)N1C2=C(CC[C@@H]1C)c1nc(C(O)c3ccc(OC)cc3Cl)n(C3CCCC(C(=O)O)C3)c1CC2. The van der Waals surface area contributed by atoms with E-state index in [4.69, 9.17) is 26.1 Å². The lowest BCUT2D eigenvalue weighted by atomic mass is 9.84. The maximum Gasteiger partial charge on any atom is 0.413 e. The summed E-state index contributed by atoms with van der Waals surface area (Å²) in [6.07, 6.45) is 4.01. The molecule has 2 aliphatic carbocycles. The molecule has 0 spiro atoms. The van der Waals surface area contributed by atoms with Crippen molar-refractivity contribution in [2.75, 3.05) is 14.2 Å². The van der Waals surface area contributed by atoms with Crippen LogP contribution in [0.3, 0.4) is 0 Å². The molecule has 2 aromatic rings. The first-order chi connectivity index (χ1) is 18.2. The Morgan fingerprint density at radius 2 is 1.95 bits per heavy atom. The smallest absolute Gasteiger partial charge is 0.413 e. The molecule has 2 N–H and O–H groups in total. The van der Waals surface area contributed by atoms with E-state index in [1.807, 2.05) is 6.92 Å². The number of halogens is 1. The average Bonchev–Trinajstić information content (AvgIpc) is 3.32. The molecule has 1 aliphatic heterocycles. The normalized spacial score (nSPS) is 23.9. The predicted molar refractivity (Wildman–Crippen MR) is 141 cm³/mol. The highest BCUT2D eigenvalue weighted by Crippen LogP contribution is 2.45. The highest BCUT2D eigenvalue weighted by Gasteiger charge is 2.40. The molecule has 1 amide bonds. The van der Waals surface area contributed by atoms with Crippen molar-refractivity contribution in [3.8, 4) is 5.75 Å². The van der Waals surface area contributed by atoms with E-state index in [2.05, 4.69) is 4.57 Å². The second-order valence-electron chi connectivity index (χ2n) is 10.4. The third-order valence-corrected chi connectivity index (χ3v) is 8.62. The molecule has 1 aromatic carbocycles. The number of methoxy groups -OCH3 is 2. The van der Waals surface area contributed by atoms with E-state index in [-0.39, 0.29) is 18.2 Å². The van der Waals surface area contributed by atoms with E-state index in [1.165, 1.54) is 7.11 Å². The number of carboxylic acids is 1. The van der Waals surface area contributed by atoms with Gasteiger partial charge in [-0.2, -0.15) is 0 Å². The number of benzene rings is 1. The zero-order valence-corrected chi connectivity index (χ0v) is 22.7. The van der Waals surface area contributed by atoms with Crippen LogP contribution in [-0.2, 0) is 16.0 Å². The molecule has 9 nitrogen and oxygen atoms in total. The van der Waals surface area contributed by atoms with Gasteiger partial charge in [-0.3, -0.25) is 9.69 Å². The van der Waals surface area contributed by atoms with Gasteiger partial charge in [0.05, 0.1) is 30.9 Å². The number of hydrogen-bond donors (Lipinski definition) is 2. The largest absolute Gasteiger partial charge is 0.497 e. The minimum atomic E-state index is -1.12. The number of nitrogens with zero attached hydrogens (tertiary/aromatic N) is 3. The van der Waals surface area contributed by atoms with E-state index in [9.17, 15) is 19.8 Å². The lowest BCUT2D eigenvalue weighted by Gasteiger charge is -2.38. The maximum absolute atomic E-state index is 12.7. The molecule has 0 radical (unpaired) electrons. The van der Waals surface area contributed by atoms with Crippen LogP contribution in [0.1, 0.15) is 86.8 Å². The highest BCUT2D eigenvalue weighted by molar-refractivity contribution is 6.31. The number of aromatic nitrogens is 2. The molecule has 0 bridgehead atoms. The van der Waals surface area contributed by atoms with Crippen molar-refractivity contribution in [1.29, 1.82) is 0 Å². The molecular formula is C28H34ClN3O6. The van der Waals surface area contributed by atoms with Gasteiger partial charge in [0.1, 0.15) is 17.7 Å². The van der Waals surface area contributed by atoms with Gasteiger partial charge in [0, 0.05) is 29.0 Å². The van der Waals surface area contributed by atoms with Gasteiger partial charge in [0.2, 0.25) is 0 Å². The summed E-state index contributed by atoms with van der Waals surface area (Å²) in [5.74, 6) is -0.191. The van der Waals surface area contributed by atoms with Crippen LogP contribution in [0, 0.1) is 5.92 Å². The van der Waals surface area contributed by atoms with Gasteiger partial charge in [-0.15, -0.1) is 0 Å². The second kappa shape index (κ2) is 10.6. The predicted octanol–water partition coefficient (Wildman–Crippen LogP) is 5.35. The number of hydrogen-bond acceptors (Lipinski definition) is 6. The molecule has 10 heteroatoms. The Balaban J connectivity index is 1.65. The number of carboxylic acid groups (broad SMARTS) is 1. The van der Waals surface area contributed by atoms with Gasteiger partial charge < -0.3 is 24.3 Å². The Kier molecular flexibility index (Phi) is 7.42. The Morgan fingerprint density at radius 3 is 2.63 bits per heavy atom. The zero-order chi connectivity index (χ0) is 27.1. The van der Waals surface area contributed by atoms with E-state index >= 15 is 0 Å². The first-order valence-electron chi connectivity index (χ1n) is 13.2. The number of carbonyl (C=O) groups excluding carboxylic acids is 1. The topological polar surface area (TPSA) is 114 Å². The molecule has 3 unspecified atom stereocenters. The number of rotatable bonds is 5. The minimum Gasteiger partial charge on any atom is -0.497 e. The fourth-order valence-corrected chi connectivity index (χ4v) is 6.65. The molecule has 38 heavy (non-hydrogen) atoms. The van der Waals surface area contributed by atoms with Crippen molar-refractivity contribution < 1.29 is 29.3 Å². The first-order valence-corrected chi connectivity index (χ1v) is 13.6. The molecule has 2 heterocycles. The van der Waals surface area contributed by atoms with Crippen LogP contribution >= 0.6 is 11.6 Å². The summed E-state index contributed by atoms with van der Waals surface area (Å²) in [7, 11) is 2.94. The Morgan fingerprint density at radius 1 is 1.16 bits per heavy atom. The number of aliphatic hydroxyl groups excluding tert-OH is 1. The number of allylic oxidation sites excluding steroid dienone is 2. The summed E-state index contributed by atoms with van der Waals surface area (Å²) < 4.78 is 12.4. The first kappa shape index (κ1) is 26.6. The van der Waals surface area contributed by atoms with Crippen molar-refractivity contribution in [2.45, 2.75) is 76.5 Å². The van der Waals surface area contributed by atoms with Crippen LogP contribution in [0.15, 0.2) is 23.9 Å². The molecule has 3 aliphatic rings. The van der Waals surface area contributed by atoms with Crippen molar-refractivity contribution in [1.82, 2.24) is 14.5 Å². The van der Waals surface area contributed by atoms with Gasteiger partial charge in [0.15, 0.2) is 0 Å². The number of fused-ring (bicyclic) bond motifs is 2. The van der Waals surface area contributed by atoms with E-state index in [0.717, 1.165) is 48.3 Å². The number of imidazole rings is 1. The summed E-state index contributed by atoms with van der Waals surface area (Å²) in [5.41, 5.74) is 4.18. The molecule has 0 saturated heterocycles. The van der Waals surface area contributed by atoms with Gasteiger partial charge >= 0.3 is 12.1 Å². The average molecular weight is 544 g/mol. The van der Waals surface area contributed by atoms with Crippen molar-refractivity contribution in [2.24, 2.45) is 5.92 Å². The fraction of sp³-hybridized carbons (Fsp3) is 0.536. The quantitative estimate of drug-likeness (QED) is 0.522. The highest BCUT2D eigenvalue weighted by atomic mass is 35.5. The summed E-state index contributed by atoms with van der Waals surface area (Å²) in [4.78, 5) is 31.3. The van der Waals surface area contributed by atoms with E-state index in [0.29, 0.717) is 47.8 Å². The third kappa shape index (κ3) is 4.56. The molecule has 1 saturated carbocycles. The van der Waals surface area contributed by atoms with E-state index in [1.54, 1.807) is 30.2 Å². The number of carbonyl (C=O) groups is 2. The second-order valence-corrected chi connectivity index (χ2v) is 10.8. The van der Waals surface area contributed by atoms with Crippen LogP contribution in [0.2, 0.25) is 5.02 Å². The van der Waals surface area contributed by atoms with Gasteiger partial charge in [-0.05, 0) is 69.6 Å². The number of amides is 1. The molecular weight excluding hydrogens is 510 g/mol. The summed E-state index contributed by atoms with van der Waals surface area (Å²) in [6.45, 7) is 2.02. The standard InChI is InChI=1S/C28H34ClN3O6/c1-15-7-9-20-22(31(15)28(36)38-3)11-12-23-24(20)30-26(25(33)19-10-8-18(37-2)14-21(19)29)32(23)17-6-4-5-16(13-17)27(34)35/h8,10,14-17,25,33H,4-7,9,11-13H2,1-3H3,(H,34,35)/t15-,16?,17?,25?/m0/s1. The van der Waals surface area contributed by atoms with Crippen LogP contribution in [0.25, 0.3) is 5.57 Å². The van der Waals surface area contributed by atoms with Gasteiger partial charge in [0.25, 0.3) is 0 Å². The summed E-state index contributed by atoms with van der Waals surface area (Å²) in [6, 6.07) is 5.05. The summed E-state index contributed by atoms with van der Waals surface area (Å²) in [5, 5.41) is 21.8. The Labute approximate surface area is 227 Å². The number of aliphatic hydroxyl groups is 1. The van der Waals surface area contributed by atoms with Crippen molar-refractivity contribution >= 4 is 29.2 Å². The van der Waals surface area contributed by atoms with Gasteiger partial charge in [-0.25, -0.2) is 9.78 Å². The third-order valence-electron chi connectivity index (χ3n) is 8.29. The molecule has 5 rings (SSSR count). The maximum atomic E-state index is 12.7. The number of ether oxygens (including phenoxy) is 2. The van der Waals surface area contributed by atoms with Crippen LogP contribution in [0.5, 0.6) is 5.75 Å². The fourth-order valence-electron chi connectivity index (χ4n) is 6.37. The molecule has 1 aromatic heterocycles. The Bertz CT molecular complexity index is 1290.